The number of nitrogens with one attached hydrogen (secondary N) is 1. The van der Waals surface area contributed by atoms with Crippen LogP contribution in [0.1, 0.15) is 64.3 Å². The van der Waals surface area contributed by atoms with Gasteiger partial charge in [0.05, 0.1) is 31.6 Å². The number of alkyl halides is 1. The van der Waals surface area contributed by atoms with Gasteiger partial charge in [0, 0.05) is 43.5 Å². The number of nitrogens with zero attached hydrogens (tertiary/aromatic N) is 6. The molecule has 5 rings (SSSR count). The van der Waals surface area contributed by atoms with E-state index in [0.29, 0.717) is 36.6 Å². The molecule has 4 atom stereocenters. The highest BCUT2D eigenvalue weighted by molar-refractivity contribution is 5.68. The maximum absolute atomic E-state index is 15.0. The van der Waals surface area contributed by atoms with E-state index in [0.717, 1.165) is 6.07 Å². The van der Waals surface area contributed by atoms with Crippen molar-refractivity contribution in [2.75, 3.05) is 42.6 Å². The summed E-state index contributed by atoms with van der Waals surface area (Å²) < 4.78 is 74.0. The second-order valence-corrected chi connectivity index (χ2v) is 12.7. The molecule has 2 saturated heterocycles. The van der Waals surface area contributed by atoms with Crippen molar-refractivity contribution in [2.45, 2.75) is 70.7 Å². The van der Waals surface area contributed by atoms with Crippen LogP contribution in [0.25, 0.3) is 0 Å². The Bertz CT molecular complexity index is 1480. The van der Waals surface area contributed by atoms with Crippen LogP contribution in [0.4, 0.5) is 34.3 Å². The highest BCUT2D eigenvalue weighted by atomic mass is 19.2. The third-order valence-electron chi connectivity index (χ3n) is 7.72. The zero-order valence-corrected chi connectivity index (χ0v) is 25.8. The number of amides is 1. The number of anilines is 2. The number of carbonyl (C=O) groups excluding carboxylic acids is 1. The van der Waals surface area contributed by atoms with Crippen molar-refractivity contribution >= 4 is 18.1 Å². The molecule has 1 N–H and O–H groups in total. The van der Waals surface area contributed by atoms with Crippen molar-refractivity contribution in [1.82, 2.24) is 25.4 Å². The van der Waals surface area contributed by atoms with Gasteiger partial charge in [-0.25, -0.2) is 32.3 Å². The maximum atomic E-state index is 15.0. The Labute approximate surface area is 258 Å². The summed E-state index contributed by atoms with van der Waals surface area (Å²) >= 11 is 0. The lowest BCUT2D eigenvalue weighted by atomic mass is 9.93. The third kappa shape index (κ3) is 7.74. The van der Waals surface area contributed by atoms with Gasteiger partial charge in [0.1, 0.15) is 17.6 Å². The summed E-state index contributed by atoms with van der Waals surface area (Å²) in [5.41, 5.74) is -0.877. The number of piperidine rings is 1. The molecular formula is C30H37F4N7O4. The van der Waals surface area contributed by atoms with Crippen LogP contribution in [-0.2, 0) is 4.74 Å². The Balaban J connectivity index is 1.21. The topological polar surface area (TPSA) is 119 Å². The number of rotatable bonds is 8. The minimum atomic E-state index is -1.31. The van der Waals surface area contributed by atoms with Crippen molar-refractivity contribution in [3.8, 4) is 5.75 Å². The molecule has 4 heterocycles. The summed E-state index contributed by atoms with van der Waals surface area (Å²) in [5, 5.41) is 6.66. The summed E-state index contributed by atoms with van der Waals surface area (Å²) in [6.07, 6.45) is 1.49. The number of benzene rings is 1. The van der Waals surface area contributed by atoms with Crippen LogP contribution in [-0.4, -0.2) is 76.8 Å². The van der Waals surface area contributed by atoms with Crippen LogP contribution in [0, 0.1) is 23.4 Å². The largest absolute Gasteiger partial charge is 0.490 e. The van der Waals surface area contributed by atoms with Gasteiger partial charge in [-0.1, -0.05) is 19.0 Å². The first kappa shape index (κ1) is 32.2. The van der Waals surface area contributed by atoms with E-state index in [1.807, 2.05) is 13.8 Å². The lowest BCUT2D eigenvalue weighted by Gasteiger charge is -2.33. The first-order valence-electron chi connectivity index (χ1n) is 14.8. The van der Waals surface area contributed by atoms with Crippen LogP contribution < -0.4 is 19.9 Å². The number of ether oxygens (including phenoxy) is 2. The van der Waals surface area contributed by atoms with Gasteiger partial charge in [-0.05, 0) is 38.8 Å². The fourth-order valence-corrected chi connectivity index (χ4v) is 5.36. The van der Waals surface area contributed by atoms with Crippen LogP contribution in [0.15, 0.2) is 29.0 Å². The molecule has 244 valence electrons. The van der Waals surface area contributed by atoms with E-state index < -0.39 is 47.3 Å². The molecule has 45 heavy (non-hydrogen) atoms. The van der Waals surface area contributed by atoms with E-state index >= 15 is 4.39 Å². The molecule has 2 aromatic heterocycles. The zero-order chi connectivity index (χ0) is 32.5. The Morgan fingerprint density at radius 3 is 2.42 bits per heavy atom. The second-order valence-electron chi connectivity index (χ2n) is 12.7. The van der Waals surface area contributed by atoms with Crippen molar-refractivity contribution < 1.29 is 36.4 Å². The number of carbonyl (C=O) groups is 1. The molecule has 0 radical (unpaired) electrons. The highest BCUT2D eigenvalue weighted by Crippen LogP contribution is 2.33. The number of hydrogen-bond acceptors (Lipinski definition) is 10. The average molecular weight is 636 g/mol. The molecular weight excluding hydrogens is 598 g/mol. The van der Waals surface area contributed by atoms with Gasteiger partial charge < -0.3 is 29.1 Å². The van der Waals surface area contributed by atoms with Crippen LogP contribution in [0.3, 0.4) is 0 Å². The van der Waals surface area contributed by atoms with E-state index in [2.05, 4.69) is 25.4 Å². The number of hydrogen-bond donors (Lipinski definition) is 1. The second kappa shape index (κ2) is 13.1. The summed E-state index contributed by atoms with van der Waals surface area (Å²) in [6.45, 7) is 10.0. The normalized spacial score (nSPS) is 22.2. The van der Waals surface area contributed by atoms with Gasteiger partial charge in [0.15, 0.2) is 23.2 Å². The van der Waals surface area contributed by atoms with Crippen LogP contribution >= 0.6 is 0 Å². The number of aromatic nitrogens is 4. The lowest BCUT2D eigenvalue weighted by Crippen LogP contribution is -2.44. The minimum Gasteiger partial charge on any atom is -0.490 e. The Hall–Kier alpha value is -4.17. The zero-order valence-electron chi connectivity index (χ0n) is 25.8. The first-order valence-corrected chi connectivity index (χ1v) is 14.8. The molecule has 2 fully saturated rings. The van der Waals surface area contributed by atoms with E-state index in [4.69, 9.17) is 14.0 Å². The van der Waals surface area contributed by atoms with E-state index in [1.54, 1.807) is 30.6 Å². The first-order chi connectivity index (χ1) is 21.3. The molecule has 0 unspecified atom stereocenters. The quantitative estimate of drug-likeness (QED) is 0.263. The van der Waals surface area contributed by atoms with Gasteiger partial charge in [-0.2, -0.15) is 4.98 Å². The number of alkyl carbamates (subject to hydrolysis) is 1. The van der Waals surface area contributed by atoms with Crippen LogP contribution in [0.5, 0.6) is 5.75 Å². The summed E-state index contributed by atoms with van der Waals surface area (Å²) in [6, 6.07) is 0.869. The van der Waals surface area contributed by atoms with Crippen molar-refractivity contribution in [2.24, 2.45) is 5.92 Å². The monoisotopic (exact) mass is 635 g/mol. The van der Waals surface area contributed by atoms with Crippen molar-refractivity contribution in [1.29, 1.82) is 0 Å². The predicted octanol–water partition coefficient (Wildman–Crippen LogP) is 5.14. The van der Waals surface area contributed by atoms with Crippen molar-refractivity contribution in [3.63, 3.8) is 0 Å². The van der Waals surface area contributed by atoms with E-state index in [9.17, 15) is 18.0 Å². The number of halogens is 4. The van der Waals surface area contributed by atoms with Gasteiger partial charge in [-0.3, -0.25) is 0 Å². The van der Waals surface area contributed by atoms with Gasteiger partial charge in [-0.15, -0.1) is 0 Å². The predicted molar refractivity (Wildman–Crippen MR) is 156 cm³/mol. The molecule has 2 aliphatic heterocycles. The van der Waals surface area contributed by atoms with Crippen molar-refractivity contribution in [3.05, 3.63) is 53.4 Å². The van der Waals surface area contributed by atoms with Gasteiger partial charge in [0.2, 0.25) is 5.95 Å². The summed E-state index contributed by atoms with van der Waals surface area (Å²) in [5.74, 6) is -3.30. The van der Waals surface area contributed by atoms with Gasteiger partial charge >= 0.3 is 12.1 Å². The molecule has 15 heteroatoms. The molecule has 1 amide bonds. The molecule has 0 spiro atoms. The molecule has 1 aromatic carbocycles. The Morgan fingerprint density at radius 2 is 1.78 bits per heavy atom. The van der Waals surface area contributed by atoms with Crippen LogP contribution in [0.2, 0.25) is 0 Å². The molecule has 3 aromatic rings. The molecule has 11 nitrogen and oxygen atoms in total. The highest BCUT2D eigenvalue weighted by Gasteiger charge is 2.39. The lowest BCUT2D eigenvalue weighted by molar-refractivity contribution is 0.0504. The van der Waals surface area contributed by atoms with E-state index in [-0.39, 0.29) is 49.6 Å². The average Bonchev–Trinajstić information content (AvgIpc) is 3.62. The minimum absolute atomic E-state index is 0.0938. The smallest absolute Gasteiger partial charge is 0.407 e. The molecule has 0 bridgehead atoms. The fourth-order valence-electron chi connectivity index (χ4n) is 5.36. The molecule has 0 saturated carbocycles. The fraction of sp³-hybridized carbons (Fsp3) is 0.567. The summed E-state index contributed by atoms with van der Waals surface area (Å²) in [4.78, 5) is 29.0. The maximum Gasteiger partial charge on any atom is 0.407 e. The Kier molecular flexibility index (Phi) is 9.35. The standard InChI is InChI=1S/C30H37F4N7O4/c1-16(2)26-38-28(45-39-26)40-7-6-17(24(34)13-40)15-43-18-10-35-27(36-11-18)41-12-20(19-8-22(32)23(33)9-21(19)31)25(14-41)37-29(42)44-30(3,4)5/h8-11,16-17,20,24-25H,6-7,12-15H2,1-5H3,(H,37,42)/t17-,20+,24-,25-/m0/s1. The Morgan fingerprint density at radius 1 is 1.07 bits per heavy atom. The van der Waals surface area contributed by atoms with E-state index in [1.165, 1.54) is 12.4 Å². The third-order valence-corrected chi connectivity index (χ3v) is 7.72. The molecule has 0 aliphatic carbocycles. The summed E-state index contributed by atoms with van der Waals surface area (Å²) in [7, 11) is 0. The van der Waals surface area contributed by atoms with Gasteiger partial charge in [0.25, 0.3) is 0 Å². The molecule has 2 aliphatic rings. The SMILES string of the molecule is CC(C)c1noc(N2CC[C@@H](COc3cnc(N4C[C@H](NC(=O)OC(C)(C)C)[C@@H](c5cc(F)c(F)cc5F)C4)nc3)[C@@H](F)C2)n1.